The van der Waals surface area contributed by atoms with Crippen LogP contribution in [0, 0.1) is 0 Å². The smallest absolute Gasteiger partial charge is 0.266 e. The van der Waals surface area contributed by atoms with Gasteiger partial charge >= 0.3 is 0 Å². The Bertz CT molecular complexity index is 1130. The zero-order chi connectivity index (χ0) is 16.7. The van der Waals surface area contributed by atoms with Gasteiger partial charge in [-0.05, 0) is 30.3 Å². The first kappa shape index (κ1) is 15.3. The van der Waals surface area contributed by atoms with Gasteiger partial charge in [-0.2, -0.15) is 9.50 Å². The third kappa shape index (κ3) is 2.58. The van der Waals surface area contributed by atoms with E-state index in [0.717, 1.165) is 5.56 Å². The molecule has 0 fully saturated rings. The Balaban J connectivity index is 1.88. The van der Waals surface area contributed by atoms with Gasteiger partial charge < -0.3 is 0 Å². The summed E-state index contributed by atoms with van der Waals surface area (Å²) in [5.74, 6) is 0.466. The van der Waals surface area contributed by atoms with E-state index in [2.05, 4.69) is 15.1 Å². The Morgan fingerprint density at radius 1 is 1.12 bits per heavy atom. The summed E-state index contributed by atoms with van der Waals surface area (Å²) in [6.07, 6.45) is 4.99. The van der Waals surface area contributed by atoms with Gasteiger partial charge in [0.2, 0.25) is 4.96 Å². The normalized spacial score (nSPS) is 12.2. The van der Waals surface area contributed by atoms with Gasteiger partial charge in [-0.25, -0.2) is 0 Å². The molecule has 118 valence electrons. The molecule has 0 bridgehead atoms. The van der Waals surface area contributed by atoms with E-state index in [9.17, 15) is 4.79 Å². The lowest BCUT2D eigenvalue weighted by molar-refractivity contribution is 0.936. The van der Waals surface area contributed by atoms with Crippen LogP contribution in [0.15, 0.2) is 47.5 Å². The molecule has 4 aromatic rings. The quantitative estimate of drug-likeness (QED) is 0.540. The lowest BCUT2D eigenvalue weighted by Crippen LogP contribution is -2.23. The summed E-state index contributed by atoms with van der Waals surface area (Å²) in [6.45, 7) is 0. The third-order valence-corrected chi connectivity index (χ3v) is 5.00. The summed E-state index contributed by atoms with van der Waals surface area (Å²) in [6, 6.07) is 8.83. The number of nitrogens with zero attached hydrogens (tertiary/aromatic N) is 4. The molecule has 0 atom stereocenters. The minimum absolute atomic E-state index is 0.256. The second-order valence-electron chi connectivity index (χ2n) is 4.92. The third-order valence-electron chi connectivity index (χ3n) is 3.38. The molecule has 0 N–H and O–H groups in total. The second-order valence-corrected chi connectivity index (χ2v) is 6.75. The van der Waals surface area contributed by atoms with Crippen molar-refractivity contribution in [3.05, 3.63) is 73.2 Å². The highest BCUT2D eigenvalue weighted by molar-refractivity contribution is 7.15. The van der Waals surface area contributed by atoms with Gasteiger partial charge in [0.05, 0.1) is 4.53 Å². The average molecular weight is 375 g/mol. The zero-order valence-corrected chi connectivity index (χ0v) is 14.3. The number of hydrogen-bond donors (Lipinski definition) is 0. The van der Waals surface area contributed by atoms with E-state index >= 15 is 0 Å². The molecule has 3 aromatic heterocycles. The van der Waals surface area contributed by atoms with Gasteiger partial charge in [0.1, 0.15) is 0 Å². The van der Waals surface area contributed by atoms with E-state index < -0.39 is 0 Å². The number of aromatic nitrogens is 4. The summed E-state index contributed by atoms with van der Waals surface area (Å²) >= 11 is 13.5. The standard InChI is InChI=1S/C16H8Cl2N4OS/c17-11-4-1-5-12(18)10(11)7-13-15(23)22-16(24-13)20-14(21-22)9-3-2-6-19-8-9/h1-8H/b13-7-. The fourth-order valence-corrected chi connectivity index (χ4v) is 3.63. The first-order valence-corrected chi connectivity index (χ1v) is 8.46. The lowest BCUT2D eigenvalue weighted by Gasteiger charge is -1.99. The Morgan fingerprint density at radius 2 is 1.92 bits per heavy atom. The van der Waals surface area contributed by atoms with E-state index in [-0.39, 0.29) is 5.56 Å². The van der Waals surface area contributed by atoms with E-state index in [1.165, 1.54) is 15.9 Å². The molecular weight excluding hydrogens is 367 g/mol. The number of benzene rings is 1. The summed E-state index contributed by atoms with van der Waals surface area (Å²) in [4.78, 5) is 21.5. The molecule has 0 aliphatic heterocycles. The summed E-state index contributed by atoms with van der Waals surface area (Å²) in [7, 11) is 0. The molecule has 0 unspecified atom stereocenters. The Hall–Kier alpha value is -2.28. The van der Waals surface area contributed by atoms with Gasteiger partial charge in [-0.1, -0.05) is 40.6 Å². The summed E-state index contributed by atoms with van der Waals surface area (Å²) in [5, 5.41) is 5.23. The van der Waals surface area contributed by atoms with Gasteiger partial charge in [-0.15, -0.1) is 5.10 Å². The van der Waals surface area contributed by atoms with Crippen molar-refractivity contribution in [2.45, 2.75) is 0 Å². The van der Waals surface area contributed by atoms with E-state index in [1.54, 1.807) is 42.7 Å². The lowest BCUT2D eigenvalue weighted by atomic mass is 10.2. The first-order valence-electron chi connectivity index (χ1n) is 6.89. The number of thiazole rings is 1. The van der Waals surface area contributed by atoms with Crippen molar-refractivity contribution < 1.29 is 0 Å². The largest absolute Gasteiger partial charge is 0.291 e. The number of rotatable bonds is 2. The molecule has 1 aromatic carbocycles. The van der Waals surface area contributed by atoms with Crippen LogP contribution in [0.25, 0.3) is 22.4 Å². The predicted octanol–water partition coefficient (Wildman–Crippen LogP) is 3.07. The van der Waals surface area contributed by atoms with E-state index in [4.69, 9.17) is 23.2 Å². The van der Waals surface area contributed by atoms with Crippen LogP contribution in [0.1, 0.15) is 5.56 Å². The molecule has 8 heteroatoms. The van der Waals surface area contributed by atoms with Crippen LogP contribution >= 0.6 is 34.5 Å². The fourth-order valence-electron chi connectivity index (χ4n) is 2.23. The monoisotopic (exact) mass is 374 g/mol. The minimum Gasteiger partial charge on any atom is -0.266 e. The molecule has 0 radical (unpaired) electrons. The van der Waals surface area contributed by atoms with Crippen molar-refractivity contribution in [2.24, 2.45) is 0 Å². The SMILES string of the molecule is O=c1/c(=C/c2c(Cl)cccc2Cl)sc2nc(-c3cccnc3)nn12. The highest BCUT2D eigenvalue weighted by Gasteiger charge is 2.12. The Labute approximate surface area is 149 Å². The number of fused-ring (bicyclic) bond motifs is 1. The van der Waals surface area contributed by atoms with Crippen LogP contribution in [0.4, 0.5) is 0 Å². The van der Waals surface area contributed by atoms with Crippen molar-refractivity contribution in [1.82, 2.24) is 19.6 Å². The van der Waals surface area contributed by atoms with Crippen LogP contribution in [0.5, 0.6) is 0 Å². The molecular formula is C16H8Cl2N4OS. The highest BCUT2D eigenvalue weighted by Crippen LogP contribution is 2.24. The summed E-state index contributed by atoms with van der Waals surface area (Å²) < 4.78 is 1.75. The van der Waals surface area contributed by atoms with Crippen LogP contribution in [-0.2, 0) is 0 Å². The van der Waals surface area contributed by atoms with Crippen molar-refractivity contribution >= 4 is 45.6 Å². The first-order chi connectivity index (χ1) is 11.6. The van der Waals surface area contributed by atoms with Crippen LogP contribution < -0.4 is 10.1 Å². The maximum absolute atomic E-state index is 12.5. The molecule has 4 rings (SSSR count). The number of halogens is 2. The molecule has 0 aliphatic rings. The Kier molecular flexibility index (Phi) is 3.80. The molecule has 3 heterocycles. The van der Waals surface area contributed by atoms with Crippen molar-refractivity contribution in [3.63, 3.8) is 0 Å². The summed E-state index contributed by atoms with van der Waals surface area (Å²) in [5.41, 5.74) is 1.11. The molecule has 0 aliphatic carbocycles. The molecule has 24 heavy (non-hydrogen) atoms. The fraction of sp³-hybridized carbons (Fsp3) is 0. The predicted molar refractivity (Wildman–Crippen MR) is 95.6 cm³/mol. The molecule has 0 saturated heterocycles. The molecule has 0 saturated carbocycles. The number of pyridine rings is 1. The topological polar surface area (TPSA) is 60.2 Å². The van der Waals surface area contributed by atoms with Crippen molar-refractivity contribution in [1.29, 1.82) is 0 Å². The van der Waals surface area contributed by atoms with E-state index in [1.807, 2.05) is 6.07 Å². The van der Waals surface area contributed by atoms with Crippen molar-refractivity contribution in [3.8, 4) is 11.4 Å². The highest BCUT2D eigenvalue weighted by atomic mass is 35.5. The van der Waals surface area contributed by atoms with Gasteiger partial charge in [0, 0.05) is 33.6 Å². The maximum Gasteiger partial charge on any atom is 0.291 e. The molecule has 0 spiro atoms. The van der Waals surface area contributed by atoms with Crippen LogP contribution in [-0.4, -0.2) is 19.6 Å². The van der Waals surface area contributed by atoms with Gasteiger partial charge in [-0.3, -0.25) is 9.78 Å². The van der Waals surface area contributed by atoms with Crippen LogP contribution in [0.3, 0.4) is 0 Å². The Morgan fingerprint density at radius 3 is 2.58 bits per heavy atom. The van der Waals surface area contributed by atoms with Gasteiger partial charge in [0.25, 0.3) is 5.56 Å². The minimum atomic E-state index is -0.256. The average Bonchev–Trinajstić information content (AvgIpc) is 3.12. The van der Waals surface area contributed by atoms with Crippen LogP contribution in [0.2, 0.25) is 10.0 Å². The number of hydrogen-bond acceptors (Lipinski definition) is 5. The van der Waals surface area contributed by atoms with Gasteiger partial charge in [0.15, 0.2) is 5.82 Å². The van der Waals surface area contributed by atoms with E-state index in [0.29, 0.717) is 30.9 Å². The molecule has 5 nitrogen and oxygen atoms in total. The van der Waals surface area contributed by atoms with Crippen molar-refractivity contribution in [2.75, 3.05) is 0 Å². The second kappa shape index (κ2) is 5.98. The zero-order valence-electron chi connectivity index (χ0n) is 12.0. The maximum atomic E-state index is 12.5. The molecule has 0 amide bonds.